The molecule has 0 atom stereocenters. The minimum Gasteiger partial charge on any atom is -0.493 e. The van der Waals surface area contributed by atoms with Crippen molar-refractivity contribution in [2.75, 3.05) is 14.2 Å². The number of hydrogen-bond donors (Lipinski definition) is 0. The van der Waals surface area contributed by atoms with Crippen LogP contribution >= 0.6 is 27.7 Å². The van der Waals surface area contributed by atoms with Gasteiger partial charge in [-0.25, -0.2) is 0 Å². The van der Waals surface area contributed by atoms with Crippen molar-refractivity contribution >= 4 is 27.7 Å². The van der Waals surface area contributed by atoms with Gasteiger partial charge >= 0.3 is 0 Å². The van der Waals surface area contributed by atoms with Crippen LogP contribution in [-0.2, 0) is 5.75 Å². The van der Waals surface area contributed by atoms with E-state index in [1.54, 1.807) is 26.0 Å². The van der Waals surface area contributed by atoms with Crippen LogP contribution in [0.4, 0.5) is 0 Å². The molecule has 1 fully saturated rings. The molecule has 0 saturated heterocycles. The quantitative estimate of drug-likeness (QED) is 0.466. The summed E-state index contributed by atoms with van der Waals surface area (Å²) in [5.41, 5.74) is 2.23. The lowest BCUT2D eigenvalue weighted by atomic mass is 10.2. The van der Waals surface area contributed by atoms with Gasteiger partial charge in [0.05, 0.1) is 14.2 Å². The van der Waals surface area contributed by atoms with Gasteiger partial charge in [-0.15, -0.1) is 10.2 Å². The van der Waals surface area contributed by atoms with E-state index < -0.39 is 0 Å². The van der Waals surface area contributed by atoms with Crippen molar-refractivity contribution in [2.24, 2.45) is 0 Å². The first kappa shape index (κ1) is 18.4. The van der Waals surface area contributed by atoms with Crippen molar-refractivity contribution in [3.63, 3.8) is 0 Å². The molecule has 0 bridgehead atoms. The molecule has 1 aromatic heterocycles. The molecule has 140 valence electrons. The Morgan fingerprint density at radius 2 is 1.78 bits per heavy atom. The smallest absolute Gasteiger partial charge is 0.196 e. The molecule has 0 aliphatic heterocycles. The molecular weight excluding hydrogens is 426 g/mol. The van der Waals surface area contributed by atoms with Crippen LogP contribution < -0.4 is 9.47 Å². The van der Waals surface area contributed by atoms with E-state index in [0.29, 0.717) is 11.7 Å². The molecule has 0 amide bonds. The minimum absolute atomic E-state index is 0.528. The monoisotopic (exact) mass is 445 g/mol. The van der Waals surface area contributed by atoms with E-state index in [1.165, 1.54) is 12.8 Å². The van der Waals surface area contributed by atoms with Crippen LogP contribution in [0.2, 0.25) is 0 Å². The molecule has 5 nitrogen and oxygen atoms in total. The van der Waals surface area contributed by atoms with Gasteiger partial charge in [-0.1, -0.05) is 45.9 Å². The maximum atomic E-state index is 5.43. The number of methoxy groups -OCH3 is 2. The zero-order valence-electron chi connectivity index (χ0n) is 15.2. The first-order valence-electron chi connectivity index (χ1n) is 8.75. The van der Waals surface area contributed by atoms with Crippen LogP contribution in [0.5, 0.6) is 11.5 Å². The van der Waals surface area contributed by atoms with Crippen LogP contribution in [0.1, 0.15) is 30.1 Å². The number of para-hydroxylation sites is 1. The summed E-state index contributed by atoms with van der Waals surface area (Å²) in [7, 11) is 3.29. The molecular formula is C20H20BrN3O2S. The zero-order valence-corrected chi connectivity index (χ0v) is 17.6. The molecule has 1 aliphatic rings. The Morgan fingerprint density at radius 1 is 1.07 bits per heavy atom. The largest absolute Gasteiger partial charge is 0.493 e. The number of ether oxygens (including phenoxy) is 2. The van der Waals surface area contributed by atoms with Gasteiger partial charge in [-0.05, 0) is 42.7 Å². The molecule has 1 saturated carbocycles. The summed E-state index contributed by atoms with van der Waals surface area (Å²) in [6.45, 7) is 0. The fourth-order valence-corrected chi connectivity index (χ4v) is 4.55. The average Bonchev–Trinajstić information content (AvgIpc) is 3.46. The maximum absolute atomic E-state index is 5.43. The third-order valence-electron chi connectivity index (χ3n) is 4.52. The molecule has 27 heavy (non-hydrogen) atoms. The molecule has 0 spiro atoms. The van der Waals surface area contributed by atoms with Crippen molar-refractivity contribution in [1.82, 2.24) is 14.8 Å². The average molecular weight is 446 g/mol. The molecule has 2 aromatic carbocycles. The van der Waals surface area contributed by atoms with E-state index >= 15 is 0 Å². The Bertz CT molecular complexity index is 942. The second-order valence-corrected chi connectivity index (χ2v) is 8.17. The zero-order chi connectivity index (χ0) is 18.8. The Morgan fingerprint density at radius 3 is 2.44 bits per heavy atom. The highest BCUT2D eigenvalue weighted by Crippen LogP contribution is 2.42. The third kappa shape index (κ3) is 3.84. The summed E-state index contributed by atoms with van der Waals surface area (Å²) in [4.78, 5) is 0. The predicted molar refractivity (Wildman–Crippen MR) is 110 cm³/mol. The fraction of sp³-hybridized carbons (Fsp3) is 0.300. The van der Waals surface area contributed by atoms with Crippen molar-refractivity contribution in [2.45, 2.75) is 29.7 Å². The summed E-state index contributed by atoms with van der Waals surface area (Å²) in [6.07, 6.45) is 2.38. The molecule has 1 heterocycles. The molecule has 1 aliphatic carbocycles. The lowest BCUT2D eigenvalue weighted by Gasteiger charge is -2.12. The summed E-state index contributed by atoms with van der Waals surface area (Å²) in [6, 6.07) is 14.3. The summed E-state index contributed by atoms with van der Waals surface area (Å²) in [5, 5.41) is 9.87. The van der Waals surface area contributed by atoms with Crippen molar-refractivity contribution in [3.8, 4) is 17.2 Å². The van der Waals surface area contributed by atoms with E-state index in [4.69, 9.17) is 9.47 Å². The highest BCUT2D eigenvalue weighted by Gasteiger charge is 2.31. The standard InChI is InChI=1S/C20H20BrN3O2S/c1-25-17-10-14(16(21)11-18(17)26-2)12-27-20-23-22-19(13-8-9-13)24(20)15-6-4-3-5-7-15/h3-7,10-11,13H,8-9,12H2,1-2H3. The number of thioether (sulfide) groups is 1. The third-order valence-corrected chi connectivity index (χ3v) is 6.24. The van der Waals surface area contributed by atoms with Crippen LogP contribution in [0.25, 0.3) is 5.69 Å². The van der Waals surface area contributed by atoms with E-state index in [2.05, 4.69) is 42.8 Å². The van der Waals surface area contributed by atoms with Gasteiger partial charge in [-0.3, -0.25) is 4.57 Å². The van der Waals surface area contributed by atoms with Crippen LogP contribution in [0.15, 0.2) is 52.1 Å². The normalized spacial score (nSPS) is 13.6. The van der Waals surface area contributed by atoms with E-state index in [-0.39, 0.29) is 0 Å². The van der Waals surface area contributed by atoms with Gasteiger partial charge in [-0.2, -0.15) is 0 Å². The lowest BCUT2D eigenvalue weighted by molar-refractivity contribution is 0.354. The molecule has 3 aromatic rings. The Labute approximate surface area is 171 Å². The first-order valence-corrected chi connectivity index (χ1v) is 10.5. The van der Waals surface area contributed by atoms with Crippen molar-refractivity contribution < 1.29 is 9.47 Å². The molecule has 4 rings (SSSR count). The van der Waals surface area contributed by atoms with Gasteiger partial charge in [0.1, 0.15) is 5.82 Å². The van der Waals surface area contributed by atoms with Crippen LogP contribution in [0, 0.1) is 0 Å². The Balaban J connectivity index is 1.63. The van der Waals surface area contributed by atoms with Crippen LogP contribution in [0.3, 0.4) is 0 Å². The number of rotatable bonds is 7. The van der Waals surface area contributed by atoms with E-state index in [1.807, 2.05) is 30.3 Å². The summed E-state index contributed by atoms with van der Waals surface area (Å²) >= 11 is 5.31. The summed E-state index contributed by atoms with van der Waals surface area (Å²) in [5.74, 6) is 3.77. The number of benzene rings is 2. The van der Waals surface area contributed by atoms with E-state index in [0.717, 1.165) is 38.2 Å². The summed E-state index contributed by atoms with van der Waals surface area (Å²) < 4.78 is 14.0. The highest BCUT2D eigenvalue weighted by molar-refractivity contribution is 9.10. The lowest BCUT2D eigenvalue weighted by Crippen LogP contribution is -2.01. The van der Waals surface area contributed by atoms with Crippen molar-refractivity contribution in [3.05, 3.63) is 58.3 Å². The van der Waals surface area contributed by atoms with Crippen molar-refractivity contribution in [1.29, 1.82) is 0 Å². The predicted octanol–water partition coefficient (Wildman–Crippen LogP) is 5.22. The molecule has 7 heteroatoms. The number of halogens is 1. The molecule has 0 radical (unpaired) electrons. The Kier molecular flexibility index (Phi) is 5.41. The number of aromatic nitrogens is 3. The minimum atomic E-state index is 0.528. The maximum Gasteiger partial charge on any atom is 0.196 e. The number of hydrogen-bond acceptors (Lipinski definition) is 5. The van der Waals surface area contributed by atoms with Gasteiger partial charge in [0.15, 0.2) is 16.7 Å². The molecule has 0 N–H and O–H groups in total. The Hall–Kier alpha value is -1.99. The fourth-order valence-electron chi connectivity index (χ4n) is 2.95. The topological polar surface area (TPSA) is 49.2 Å². The molecule has 0 unspecified atom stereocenters. The SMILES string of the molecule is COc1cc(Br)c(CSc2nnc(C3CC3)n2-c2ccccc2)cc1OC. The van der Waals surface area contributed by atoms with Gasteiger partial charge in [0.2, 0.25) is 0 Å². The van der Waals surface area contributed by atoms with Gasteiger partial charge in [0.25, 0.3) is 0 Å². The van der Waals surface area contributed by atoms with Gasteiger partial charge in [0, 0.05) is 21.8 Å². The second kappa shape index (κ2) is 7.94. The van der Waals surface area contributed by atoms with E-state index in [9.17, 15) is 0 Å². The number of nitrogens with zero attached hydrogens (tertiary/aromatic N) is 3. The first-order chi connectivity index (χ1) is 13.2. The second-order valence-electron chi connectivity index (χ2n) is 6.37. The van der Waals surface area contributed by atoms with Crippen LogP contribution in [-0.4, -0.2) is 29.0 Å². The highest BCUT2D eigenvalue weighted by atomic mass is 79.9. The van der Waals surface area contributed by atoms with Gasteiger partial charge < -0.3 is 9.47 Å².